The third-order valence-corrected chi connectivity index (χ3v) is 5.21. The lowest BCUT2D eigenvalue weighted by molar-refractivity contribution is 0.102. The molecule has 0 fully saturated rings. The smallest absolute Gasteiger partial charge is 0.259 e. The number of carbonyl (C=O) groups is 1. The first-order chi connectivity index (χ1) is 13.6. The monoisotopic (exact) mass is 414 g/mol. The molecule has 3 rings (SSSR count). The van der Waals surface area contributed by atoms with E-state index >= 15 is 0 Å². The van der Waals surface area contributed by atoms with Gasteiger partial charge in [-0.05, 0) is 79.6 Å². The number of carbonyl (C=O) groups excluding carboxylic acids is 1. The third-order valence-electron chi connectivity index (χ3n) is 4.30. The van der Waals surface area contributed by atoms with E-state index in [0.29, 0.717) is 11.5 Å². The predicted molar refractivity (Wildman–Crippen MR) is 108 cm³/mol. The number of anilines is 1. The van der Waals surface area contributed by atoms with Crippen molar-refractivity contribution in [2.45, 2.75) is 18.7 Å². The van der Waals surface area contributed by atoms with Gasteiger partial charge in [-0.25, -0.2) is 17.9 Å². The van der Waals surface area contributed by atoms with Crippen molar-refractivity contribution in [3.8, 4) is 11.5 Å². The minimum absolute atomic E-state index is 0.113. The molecule has 8 heteroatoms. The molecule has 6 nitrogen and oxygen atoms in total. The first-order valence-corrected chi connectivity index (χ1v) is 10.2. The van der Waals surface area contributed by atoms with Crippen molar-refractivity contribution in [3.05, 3.63) is 83.2 Å². The zero-order valence-corrected chi connectivity index (χ0v) is 16.6. The number of amides is 1. The molecule has 0 aliphatic rings. The Hall–Kier alpha value is -3.23. The molecule has 1 amide bonds. The Bertz CT molecular complexity index is 1180. The van der Waals surface area contributed by atoms with Gasteiger partial charge in [0.05, 0.1) is 10.5 Å². The second-order valence-corrected chi connectivity index (χ2v) is 8.08. The Morgan fingerprint density at radius 3 is 2.31 bits per heavy atom. The maximum Gasteiger partial charge on any atom is 0.259 e. The van der Waals surface area contributed by atoms with Crippen LogP contribution in [0.3, 0.4) is 0 Å². The van der Waals surface area contributed by atoms with Gasteiger partial charge in [-0.3, -0.25) is 4.79 Å². The van der Waals surface area contributed by atoms with Gasteiger partial charge in [0.2, 0.25) is 10.0 Å². The van der Waals surface area contributed by atoms with Crippen molar-refractivity contribution in [1.29, 1.82) is 0 Å². The van der Waals surface area contributed by atoms with E-state index < -0.39 is 21.7 Å². The van der Waals surface area contributed by atoms with E-state index in [1.807, 2.05) is 13.8 Å². The van der Waals surface area contributed by atoms with E-state index in [1.165, 1.54) is 42.5 Å². The van der Waals surface area contributed by atoms with E-state index in [0.717, 1.165) is 11.1 Å². The van der Waals surface area contributed by atoms with Gasteiger partial charge in [0.25, 0.3) is 5.91 Å². The number of nitrogens with one attached hydrogen (secondary N) is 1. The molecular formula is C21H19FN2O4S. The number of ether oxygens (including phenoxy) is 1. The number of rotatable bonds is 5. The Morgan fingerprint density at radius 1 is 1.00 bits per heavy atom. The number of primary sulfonamides is 1. The molecule has 0 radical (unpaired) electrons. The van der Waals surface area contributed by atoms with Crippen molar-refractivity contribution in [2.75, 3.05) is 5.32 Å². The van der Waals surface area contributed by atoms with E-state index in [9.17, 15) is 17.6 Å². The summed E-state index contributed by atoms with van der Waals surface area (Å²) in [5.41, 5.74) is 2.31. The van der Waals surface area contributed by atoms with Gasteiger partial charge in [0.1, 0.15) is 17.3 Å². The van der Waals surface area contributed by atoms with Crippen LogP contribution in [-0.4, -0.2) is 14.3 Å². The highest BCUT2D eigenvalue weighted by Gasteiger charge is 2.17. The first kappa shape index (κ1) is 20.5. The summed E-state index contributed by atoms with van der Waals surface area (Å²) < 4.78 is 42.0. The molecule has 150 valence electrons. The minimum Gasteiger partial charge on any atom is -0.457 e. The Kier molecular flexibility index (Phi) is 5.67. The summed E-state index contributed by atoms with van der Waals surface area (Å²) in [5.74, 6) is -0.221. The molecule has 29 heavy (non-hydrogen) atoms. The van der Waals surface area contributed by atoms with Gasteiger partial charge >= 0.3 is 0 Å². The van der Waals surface area contributed by atoms with Crippen LogP contribution >= 0.6 is 0 Å². The molecule has 0 aromatic heterocycles. The molecule has 0 spiro atoms. The highest BCUT2D eigenvalue weighted by atomic mass is 32.2. The molecule has 0 bridgehead atoms. The fourth-order valence-corrected chi connectivity index (χ4v) is 3.19. The second kappa shape index (κ2) is 8.02. The molecule has 3 aromatic rings. The number of aryl methyl sites for hydroxylation is 2. The van der Waals surface area contributed by atoms with Crippen molar-refractivity contribution >= 4 is 21.6 Å². The first-order valence-electron chi connectivity index (χ1n) is 8.62. The maximum atomic E-state index is 13.1. The number of hydrogen-bond acceptors (Lipinski definition) is 4. The molecule has 0 saturated heterocycles. The molecular weight excluding hydrogens is 395 g/mol. The topological polar surface area (TPSA) is 98.5 Å². The van der Waals surface area contributed by atoms with Crippen LogP contribution in [0.4, 0.5) is 10.1 Å². The van der Waals surface area contributed by atoms with Crippen LogP contribution in [0.25, 0.3) is 0 Å². The van der Waals surface area contributed by atoms with Gasteiger partial charge in [0.15, 0.2) is 0 Å². The number of nitrogens with two attached hydrogens (primary N) is 1. The van der Waals surface area contributed by atoms with Gasteiger partial charge in [-0.1, -0.05) is 6.07 Å². The van der Waals surface area contributed by atoms with Crippen LogP contribution in [0.5, 0.6) is 11.5 Å². The maximum absolute atomic E-state index is 13.1. The number of halogens is 1. The molecule has 0 aliphatic carbocycles. The van der Waals surface area contributed by atoms with E-state index in [-0.39, 0.29) is 16.1 Å². The Balaban J connectivity index is 1.94. The van der Waals surface area contributed by atoms with Gasteiger partial charge in [0, 0.05) is 5.69 Å². The van der Waals surface area contributed by atoms with Crippen LogP contribution in [0.1, 0.15) is 21.5 Å². The Morgan fingerprint density at radius 2 is 1.66 bits per heavy atom. The lowest BCUT2D eigenvalue weighted by atomic mass is 10.0. The summed E-state index contributed by atoms with van der Waals surface area (Å²) in [6.07, 6.45) is 0. The fraction of sp³-hybridized carbons (Fsp3) is 0.0952. The zero-order valence-electron chi connectivity index (χ0n) is 15.8. The molecule has 3 N–H and O–H groups in total. The van der Waals surface area contributed by atoms with Crippen LogP contribution in [-0.2, 0) is 10.0 Å². The van der Waals surface area contributed by atoms with E-state index in [2.05, 4.69) is 5.32 Å². The van der Waals surface area contributed by atoms with Crippen molar-refractivity contribution in [2.24, 2.45) is 5.14 Å². The van der Waals surface area contributed by atoms with Crippen LogP contribution in [0.15, 0.2) is 65.6 Å². The highest BCUT2D eigenvalue weighted by Crippen LogP contribution is 2.29. The van der Waals surface area contributed by atoms with Crippen LogP contribution < -0.4 is 15.2 Å². The van der Waals surface area contributed by atoms with Crippen molar-refractivity contribution in [1.82, 2.24) is 0 Å². The lowest BCUT2D eigenvalue weighted by Gasteiger charge is -2.14. The minimum atomic E-state index is -3.90. The zero-order chi connectivity index (χ0) is 21.2. The quantitative estimate of drug-likeness (QED) is 0.656. The van der Waals surface area contributed by atoms with Crippen LogP contribution in [0.2, 0.25) is 0 Å². The summed E-state index contributed by atoms with van der Waals surface area (Å²) in [4.78, 5) is 12.8. The van der Waals surface area contributed by atoms with Crippen molar-refractivity contribution in [3.63, 3.8) is 0 Å². The van der Waals surface area contributed by atoms with E-state index in [4.69, 9.17) is 9.88 Å². The highest BCUT2D eigenvalue weighted by molar-refractivity contribution is 7.89. The van der Waals surface area contributed by atoms with Crippen molar-refractivity contribution < 1.29 is 22.3 Å². The molecule has 3 aromatic carbocycles. The van der Waals surface area contributed by atoms with Gasteiger partial charge < -0.3 is 10.1 Å². The van der Waals surface area contributed by atoms with Gasteiger partial charge in [-0.2, -0.15) is 0 Å². The number of hydrogen-bond donors (Lipinski definition) is 2. The molecule has 0 heterocycles. The van der Waals surface area contributed by atoms with E-state index in [1.54, 1.807) is 18.2 Å². The van der Waals surface area contributed by atoms with Gasteiger partial charge in [-0.15, -0.1) is 0 Å². The normalized spacial score (nSPS) is 11.2. The summed E-state index contributed by atoms with van der Waals surface area (Å²) in [6, 6.07) is 14.5. The largest absolute Gasteiger partial charge is 0.457 e. The second-order valence-electron chi connectivity index (χ2n) is 6.52. The lowest BCUT2D eigenvalue weighted by Crippen LogP contribution is -2.15. The number of sulfonamides is 1. The number of benzene rings is 3. The van der Waals surface area contributed by atoms with Crippen LogP contribution in [0, 0.1) is 19.7 Å². The standard InChI is InChI=1S/C21H19FN2O4S/c1-13-10-19(20(11-14(13)2)28-17-8-6-15(22)7-9-17)21(25)24-16-4-3-5-18(12-16)29(23,26)27/h3-12H,1-2H3,(H,24,25)(H2,23,26,27). The average molecular weight is 414 g/mol. The molecule has 0 unspecified atom stereocenters. The fourth-order valence-electron chi connectivity index (χ4n) is 2.63. The SMILES string of the molecule is Cc1cc(Oc2ccc(F)cc2)c(C(=O)Nc2cccc(S(N)(=O)=O)c2)cc1C. The summed E-state index contributed by atoms with van der Waals surface area (Å²) in [5, 5.41) is 7.79. The molecule has 0 saturated carbocycles. The molecule has 0 aliphatic heterocycles. The molecule has 0 atom stereocenters. The third kappa shape index (κ3) is 4.98. The summed E-state index contributed by atoms with van der Waals surface area (Å²) >= 11 is 0. The summed E-state index contributed by atoms with van der Waals surface area (Å²) in [6.45, 7) is 3.74. The Labute approximate surface area is 168 Å². The summed E-state index contributed by atoms with van der Waals surface area (Å²) in [7, 11) is -3.90. The predicted octanol–water partition coefficient (Wildman–Crippen LogP) is 4.13. The average Bonchev–Trinajstić information content (AvgIpc) is 2.66.